The Kier molecular flexibility index (Phi) is 7.89. The predicted octanol–water partition coefficient (Wildman–Crippen LogP) is 3.24. The summed E-state index contributed by atoms with van der Waals surface area (Å²) in [5, 5.41) is 9.79. The molecule has 0 radical (unpaired) electrons. The van der Waals surface area contributed by atoms with Gasteiger partial charge in [0.2, 0.25) is 5.91 Å². The van der Waals surface area contributed by atoms with Gasteiger partial charge in [0.05, 0.1) is 24.9 Å². The second kappa shape index (κ2) is 10.4. The van der Waals surface area contributed by atoms with Gasteiger partial charge in [0.15, 0.2) is 0 Å². The predicted molar refractivity (Wildman–Crippen MR) is 111 cm³/mol. The Morgan fingerprint density at radius 1 is 1.18 bits per heavy atom. The van der Waals surface area contributed by atoms with E-state index in [1.54, 1.807) is 0 Å². The van der Waals surface area contributed by atoms with Crippen LogP contribution in [0, 0.1) is 5.92 Å². The lowest BCUT2D eigenvalue weighted by molar-refractivity contribution is -0.149. The van der Waals surface area contributed by atoms with Crippen LogP contribution in [-0.2, 0) is 9.53 Å². The standard InChI is InChI=1S/C23H36N2O3/c1-18(2)7-6-10-22(27)25-15-16-28-21(17-24-13-11-20(26)12-14-24)23(25)19-8-4-3-5-9-19/h3-5,8-9,18,20-21,23,26H,6-7,10-17H2,1-2H3/t21-,23-/m0/s1. The number of nitrogens with zero attached hydrogens (tertiary/aromatic N) is 2. The Balaban J connectivity index is 1.72. The molecule has 28 heavy (non-hydrogen) atoms. The minimum atomic E-state index is -0.174. The molecular formula is C23H36N2O3. The lowest BCUT2D eigenvalue weighted by Gasteiger charge is -2.44. The molecule has 0 bridgehead atoms. The highest BCUT2D eigenvalue weighted by atomic mass is 16.5. The number of aliphatic hydroxyl groups is 1. The summed E-state index contributed by atoms with van der Waals surface area (Å²) in [5.41, 5.74) is 1.15. The summed E-state index contributed by atoms with van der Waals surface area (Å²) in [6.45, 7) is 8.27. The van der Waals surface area contributed by atoms with Gasteiger partial charge in [0.1, 0.15) is 0 Å². The van der Waals surface area contributed by atoms with Gasteiger partial charge in [-0.1, -0.05) is 50.6 Å². The van der Waals surface area contributed by atoms with Crippen LogP contribution in [0.5, 0.6) is 0 Å². The van der Waals surface area contributed by atoms with Crippen LogP contribution in [-0.4, -0.2) is 65.8 Å². The number of aliphatic hydroxyl groups excluding tert-OH is 1. The molecule has 1 amide bonds. The summed E-state index contributed by atoms with van der Waals surface area (Å²) < 4.78 is 6.20. The van der Waals surface area contributed by atoms with Crippen LogP contribution in [0.3, 0.4) is 0 Å². The zero-order chi connectivity index (χ0) is 19.9. The number of likely N-dealkylation sites (tertiary alicyclic amines) is 1. The molecular weight excluding hydrogens is 352 g/mol. The molecule has 5 nitrogen and oxygen atoms in total. The van der Waals surface area contributed by atoms with Crippen molar-refractivity contribution in [3.63, 3.8) is 0 Å². The molecule has 0 saturated carbocycles. The lowest BCUT2D eigenvalue weighted by Crippen LogP contribution is -2.52. The van der Waals surface area contributed by atoms with Crippen LogP contribution in [0.1, 0.15) is 57.6 Å². The van der Waals surface area contributed by atoms with Crippen molar-refractivity contribution in [1.82, 2.24) is 9.80 Å². The first kappa shape index (κ1) is 21.3. The molecule has 2 heterocycles. The lowest BCUT2D eigenvalue weighted by atomic mass is 9.95. The van der Waals surface area contributed by atoms with Crippen LogP contribution in [0.25, 0.3) is 0 Å². The van der Waals surface area contributed by atoms with Gasteiger partial charge < -0.3 is 19.6 Å². The van der Waals surface area contributed by atoms with Gasteiger partial charge in [-0.15, -0.1) is 0 Å². The Hall–Kier alpha value is -1.43. The van der Waals surface area contributed by atoms with Crippen LogP contribution in [0.15, 0.2) is 30.3 Å². The first-order valence-corrected chi connectivity index (χ1v) is 10.9. The van der Waals surface area contributed by atoms with Crippen LogP contribution >= 0.6 is 0 Å². The maximum absolute atomic E-state index is 13.1. The molecule has 2 aliphatic heterocycles. The van der Waals surface area contributed by atoms with Crippen molar-refractivity contribution in [1.29, 1.82) is 0 Å². The van der Waals surface area contributed by atoms with E-state index in [0.717, 1.165) is 50.9 Å². The van der Waals surface area contributed by atoms with Crippen LogP contribution < -0.4 is 0 Å². The number of rotatable bonds is 7. The smallest absolute Gasteiger partial charge is 0.223 e. The second-order valence-corrected chi connectivity index (χ2v) is 8.67. The molecule has 2 atom stereocenters. The minimum absolute atomic E-state index is 0.0274. The van der Waals surface area contributed by atoms with Gasteiger partial charge in [-0.3, -0.25) is 4.79 Å². The maximum atomic E-state index is 13.1. The van der Waals surface area contributed by atoms with E-state index in [9.17, 15) is 9.90 Å². The fraction of sp³-hybridized carbons (Fsp3) is 0.696. The average Bonchev–Trinajstić information content (AvgIpc) is 2.70. The molecule has 1 N–H and O–H groups in total. The number of hydrogen-bond donors (Lipinski definition) is 1. The van der Waals surface area contributed by atoms with E-state index < -0.39 is 0 Å². The van der Waals surface area contributed by atoms with Gasteiger partial charge in [-0.05, 0) is 30.7 Å². The van der Waals surface area contributed by atoms with E-state index in [4.69, 9.17) is 4.74 Å². The quantitative estimate of drug-likeness (QED) is 0.779. The summed E-state index contributed by atoms with van der Waals surface area (Å²) in [6, 6.07) is 10.3. The van der Waals surface area contributed by atoms with Gasteiger partial charge in [0, 0.05) is 32.6 Å². The van der Waals surface area contributed by atoms with E-state index >= 15 is 0 Å². The summed E-state index contributed by atoms with van der Waals surface area (Å²) in [4.78, 5) is 17.5. The van der Waals surface area contributed by atoms with Gasteiger partial charge in [-0.2, -0.15) is 0 Å². The number of piperidine rings is 1. The highest BCUT2D eigenvalue weighted by Gasteiger charge is 2.37. The highest BCUT2D eigenvalue weighted by molar-refractivity contribution is 5.77. The normalized spacial score (nSPS) is 24.6. The number of morpholine rings is 1. The number of amides is 1. The topological polar surface area (TPSA) is 53.0 Å². The summed E-state index contributed by atoms with van der Waals surface area (Å²) in [5.74, 6) is 0.876. The average molecular weight is 389 g/mol. The summed E-state index contributed by atoms with van der Waals surface area (Å²) >= 11 is 0. The number of ether oxygens (including phenoxy) is 1. The number of benzene rings is 1. The first-order valence-electron chi connectivity index (χ1n) is 10.9. The fourth-order valence-electron chi connectivity index (χ4n) is 4.37. The largest absolute Gasteiger partial charge is 0.393 e. The van der Waals surface area contributed by atoms with Gasteiger partial charge >= 0.3 is 0 Å². The Bertz CT molecular complexity index is 599. The zero-order valence-electron chi connectivity index (χ0n) is 17.4. The van der Waals surface area contributed by atoms with E-state index in [1.165, 1.54) is 0 Å². The molecule has 1 aromatic rings. The number of hydrogen-bond acceptors (Lipinski definition) is 4. The van der Waals surface area contributed by atoms with Crippen molar-refractivity contribution >= 4 is 5.91 Å². The molecule has 2 saturated heterocycles. The molecule has 2 fully saturated rings. The third-order valence-electron chi connectivity index (χ3n) is 5.98. The van der Waals surface area contributed by atoms with Crippen LogP contribution in [0.4, 0.5) is 0 Å². The second-order valence-electron chi connectivity index (χ2n) is 8.67. The monoisotopic (exact) mass is 388 g/mol. The van der Waals surface area contributed by atoms with Crippen molar-refractivity contribution in [3.05, 3.63) is 35.9 Å². The fourth-order valence-corrected chi connectivity index (χ4v) is 4.37. The van der Waals surface area contributed by atoms with Crippen molar-refractivity contribution in [3.8, 4) is 0 Å². The Morgan fingerprint density at radius 3 is 2.57 bits per heavy atom. The zero-order valence-corrected chi connectivity index (χ0v) is 17.4. The summed E-state index contributed by atoms with van der Waals surface area (Å²) in [7, 11) is 0. The van der Waals surface area contributed by atoms with Crippen molar-refractivity contribution in [2.45, 2.75) is 64.2 Å². The van der Waals surface area contributed by atoms with E-state index in [-0.39, 0.29) is 24.2 Å². The van der Waals surface area contributed by atoms with Crippen molar-refractivity contribution in [2.24, 2.45) is 5.92 Å². The molecule has 0 spiro atoms. The van der Waals surface area contributed by atoms with Crippen molar-refractivity contribution in [2.75, 3.05) is 32.8 Å². The molecule has 3 rings (SSSR count). The molecule has 0 aliphatic carbocycles. The van der Waals surface area contributed by atoms with E-state index in [1.807, 2.05) is 18.2 Å². The molecule has 0 aromatic heterocycles. The maximum Gasteiger partial charge on any atom is 0.223 e. The van der Waals surface area contributed by atoms with E-state index in [2.05, 4.69) is 35.8 Å². The van der Waals surface area contributed by atoms with E-state index in [0.29, 0.717) is 25.5 Å². The molecule has 0 unspecified atom stereocenters. The minimum Gasteiger partial charge on any atom is -0.393 e. The summed E-state index contributed by atoms with van der Waals surface area (Å²) in [6.07, 6.45) is 4.09. The first-order chi connectivity index (χ1) is 13.5. The number of carbonyl (C=O) groups is 1. The Morgan fingerprint density at radius 2 is 1.89 bits per heavy atom. The molecule has 5 heteroatoms. The van der Waals surface area contributed by atoms with Gasteiger partial charge in [0.25, 0.3) is 0 Å². The number of carbonyl (C=O) groups excluding carboxylic acids is 1. The van der Waals surface area contributed by atoms with Gasteiger partial charge in [-0.25, -0.2) is 0 Å². The van der Waals surface area contributed by atoms with Crippen molar-refractivity contribution < 1.29 is 14.6 Å². The molecule has 156 valence electrons. The third-order valence-corrected chi connectivity index (χ3v) is 5.98. The van der Waals surface area contributed by atoms with Crippen LogP contribution in [0.2, 0.25) is 0 Å². The third kappa shape index (κ3) is 5.79. The highest BCUT2D eigenvalue weighted by Crippen LogP contribution is 2.31. The SMILES string of the molecule is CC(C)CCCC(=O)N1CCO[C@@H](CN2CCC(O)CC2)[C@@H]1c1ccccc1. The molecule has 2 aliphatic rings. The molecule has 1 aromatic carbocycles. The Labute approximate surface area is 169 Å².